The predicted molar refractivity (Wildman–Crippen MR) is 87.8 cm³/mol. The maximum atomic E-state index is 11.3. The average molecular weight is 322 g/mol. The first-order chi connectivity index (χ1) is 11.1. The largest absolute Gasteiger partial charge is 0.491 e. The highest BCUT2D eigenvalue weighted by atomic mass is 16.5. The molecular weight excluding hydrogens is 296 g/mol. The molecule has 0 amide bonds. The van der Waals surface area contributed by atoms with Crippen LogP contribution in [0.15, 0.2) is 24.3 Å². The Balaban J connectivity index is 1.72. The molecule has 6 nitrogen and oxygen atoms in total. The Morgan fingerprint density at radius 3 is 2.35 bits per heavy atom. The van der Waals surface area contributed by atoms with Gasteiger partial charge in [0.2, 0.25) is 0 Å². The lowest BCUT2D eigenvalue weighted by Gasteiger charge is -2.34. The minimum Gasteiger partial charge on any atom is -0.491 e. The van der Waals surface area contributed by atoms with Crippen LogP contribution in [0.4, 0.5) is 0 Å². The lowest BCUT2D eigenvalue weighted by molar-refractivity contribution is 0.0470. The summed E-state index contributed by atoms with van der Waals surface area (Å²) in [6.07, 6.45) is -0.525. The quantitative estimate of drug-likeness (QED) is 0.751. The molecule has 2 rings (SSSR count). The summed E-state index contributed by atoms with van der Waals surface area (Å²) in [5.74, 6) is 0.260. The van der Waals surface area contributed by atoms with E-state index in [1.54, 1.807) is 24.3 Å². The highest BCUT2D eigenvalue weighted by molar-refractivity contribution is 5.89. The number of esters is 1. The molecule has 1 aromatic carbocycles. The molecule has 0 saturated carbocycles. The maximum absolute atomic E-state index is 11.3. The number of carbonyl (C=O) groups is 1. The molecule has 6 heteroatoms. The Bertz CT molecular complexity index is 484. The van der Waals surface area contributed by atoms with E-state index in [-0.39, 0.29) is 12.6 Å². The lowest BCUT2D eigenvalue weighted by Crippen LogP contribution is -2.49. The molecule has 0 bridgehead atoms. The van der Waals surface area contributed by atoms with Gasteiger partial charge in [-0.05, 0) is 30.8 Å². The van der Waals surface area contributed by atoms with Crippen molar-refractivity contribution in [1.29, 1.82) is 0 Å². The number of methoxy groups -OCH3 is 1. The maximum Gasteiger partial charge on any atom is 0.337 e. The molecule has 0 aliphatic carbocycles. The molecule has 1 saturated heterocycles. The van der Waals surface area contributed by atoms with Gasteiger partial charge in [0.1, 0.15) is 18.5 Å². The van der Waals surface area contributed by atoms with E-state index in [2.05, 4.69) is 21.5 Å². The number of likely N-dealkylation sites (N-methyl/N-ethyl adjacent to an activating group) is 1. The van der Waals surface area contributed by atoms with Crippen LogP contribution in [0.2, 0.25) is 0 Å². The third-order valence-corrected chi connectivity index (χ3v) is 4.10. The van der Waals surface area contributed by atoms with Gasteiger partial charge in [-0.3, -0.25) is 4.90 Å². The molecule has 1 atom stereocenters. The summed E-state index contributed by atoms with van der Waals surface area (Å²) < 4.78 is 10.2. The fourth-order valence-electron chi connectivity index (χ4n) is 2.64. The summed E-state index contributed by atoms with van der Waals surface area (Å²) in [5.41, 5.74) is 0.481. The normalized spacial score (nSPS) is 17.7. The molecular formula is C17H26N2O4. The van der Waals surface area contributed by atoms with Crippen molar-refractivity contribution in [2.24, 2.45) is 0 Å². The van der Waals surface area contributed by atoms with Crippen molar-refractivity contribution in [3.63, 3.8) is 0 Å². The Labute approximate surface area is 137 Å². The summed E-state index contributed by atoms with van der Waals surface area (Å²) in [6, 6.07) is 6.72. The number of piperazine rings is 1. The molecule has 1 aliphatic rings. The minimum atomic E-state index is -0.525. The molecule has 1 aliphatic heterocycles. The van der Waals surface area contributed by atoms with Gasteiger partial charge in [-0.25, -0.2) is 4.79 Å². The summed E-state index contributed by atoms with van der Waals surface area (Å²) >= 11 is 0. The van der Waals surface area contributed by atoms with E-state index >= 15 is 0 Å². The Kier molecular flexibility index (Phi) is 6.83. The Morgan fingerprint density at radius 1 is 1.17 bits per heavy atom. The number of benzene rings is 1. The van der Waals surface area contributed by atoms with Gasteiger partial charge in [0.15, 0.2) is 0 Å². The Hall–Kier alpha value is -1.63. The predicted octanol–water partition coefficient (Wildman–Crippen LogP) is 0.850. The second-order valence-electron chi connectivity index (χ2n) is 5.72. The van der Waals surface area contributed by atoms with Crippen molar-refractivity contribution in [2.75, 3.05) is 53.0 Å². The highest BCUT2D eigenvalue weighted by Crippen LogP contribution is 2.13. The zero-order chi connectivity index (χ0) is 16.7. The Morgan fingerprint density at radius 2 is 1.78 bits per heavy atom. The molecule has 0 aromatic heterocycles. The smallest absolute Gasteiger partial charge is 0.337 e. The number of aliphatic hydroxyl groups is 1. The molecule has 1 aromatic rings. The van der Waals surface area contributed by atoms with Gasteiger partial charge in [0.05, 0.1) is 12.7 Å². The monoisotopic (exact) mass is 322 g/mol. The minimum absolute atomic E-state index is 0.242. The average Bonchev–Trinajstić information content (AvgIpc) is 2.60. The second-order valence-corrected chi connectivity index (χ2v) is 5.72. The second kappa shape index (κ2) is 8.86. The third-order valence-electron chi connectivity index (χ3n) is 4.10. The lowest BCUT2D eigenvalue weighted by atomic mass is 10.2. The number of hydrogen-bond donors (Lipinski definition) is 1. The molecule has 1 N–H and O–H groups in total. The van der Waals surface area contributed by atoms with Crippen molar-refractivity contribution in [1.82, 2.24) is 9.80 Å². The van der Waals surface area contributed by atoms with E-state index in [0.29, 0.717) is 17.9 Å². The van der Waals surface area contributed by atoms with Gasteiger partial charge in [0.25, 0.3) is 0 Å². The van der Waals surface area contributed by atoms with Gasteiger partial charge in [0, 0.05) is 32.7 Å². The molecule has 1 heterocycles. The van der Waals surface area contributed by atoms with E-state index in [1.807, 2.05) is 0 Å². The van der Waals surface area contributed by atoms with E-state index in [1.165, 1.54) is 7.11 Å². The first-order valence-corrected chi connectivity index (χ1v) is 8.06. The zero-order valence-electron chi connectivity index (χ0n) is 13.9. The van der Waals surface area contributed by atoms with Crippen LogP contribution in [0.25, 0.3) is 0 Å². The van der Waals surface area contributed by atoms with Crippen molar-refractivity contribution >= 4 is 5.97 Å². The van der Waals surface area contributed by atoms with Gasteiger partial charge >= 0.3 is 5.97 Å². The molecule has 1 unspecified atom stereocenters. The number of rotatable bonds is 7. The summed E-state index contributed by atoms with van der Waals surface area (Å²) in [5, 5.41) is 10.1. The molecule has 23 heavy (non-hydrogen) atoms. The van der Waals surface area contributed by atoms with E-state index in [9.17, 15) is 9.90 Å². The molecule has 1 fully saturated rings. The summed E-state index contributed by atoms with van der Waals surface area (Å²) in [4.78, 5) is 16.0. The fourth-order valence-corrected chi connectivity index (χ4v) is 2.64. The third kappa shape index (κ3) is 5.49. The van der Waals surface area contributed by atoms with Crippen LogP contribution in [-0.4, -0.2) is 80.0 Å². The van der Waals surface area contributed by atoms with Crippen molar-refractivity contribution < 1.29 is 19.4 Å². The fraction of sp³-hybridized carbons (Fsp3) is 0.588. The van der Waals surface area contributed by atoms with E-state index < -0.39 is 6.10 Å². The van der Waals surface area contributed by atoms with Crippen LogP contribution in [0.3, 0.4) is 0 Å². The number of carbonyl (C=O) groups excluding carboxylic acids is 1. The SMILES string of the molecule is CCN1CCN(CC(O)COc2ccc(C(=O)OC)cc2)CC1. The van der Waals surface area contributed by atoms with E-state index in [4.69, 9.17) is 4.74 Å². The number of nitrogens with zero attached hydrogens (tertiary/aromatic N) is 2. The number of β-amino-alcohol motifs (C(OH)–C–C–N with tert-alkyl or cyclic N) is 1. The standard InChI is InChI=1S/C17H26N2O4/c1-3-18-8-10-19(11-9-18)12-15(20)13-23-16-6-4-14(5-7-16)17(21)22-2/h4-7,15,20H,3,8-13H2,1-2H3. The van der Waals surface area contributed by atoms with Crippen LogP contribution >= 0.6 is 0 Å². The number of ether oxygens (including phenoxy) is 2. The van der Waals surface area contributed by atoms with Crippen LogP contribution < -0.4 is 4.74 Å². The first kappa shape index (κ1) is 17.7. The van der Waals surface area contributed by atoms with Gasteiger partial charge < -0.3 is 19.5 Å². The van der Waals surface area contributed by atoms with Crippen molar-refractivity contribution in [3.05, 3.63) is 29.8 Å². The van der Waals surface area contributed by atoms with E-state index in [0.717, 1.165) is 32.7 Å². The van der Waals surface area contributed by atoms with Crippen LogP contribution in [-0.2, 0) is 4.74 Å². The van der Waals surface area contributed by atoms with Crippen molar-refractivity contribution in [3.8, 4) is 5.75 Å². The topological polar surface area (TPSA) is 62.2 Å². The number of aliphatic hydroxyl groups excluding tert-OH is 1. The number of hydrogen-bond acceptors (Lipinski definition) is 6. The molecule has 0 radical (unpaired) electrons. The molecule has 128 valence electrons. The van der Waals surface area contributed by atoms with Crippen molar-refractivity contribution in [2.45, 2.75) is 13.0 Å². The van der Waals surface area contributed by atoms with Gasteiger partial charge in [-0.2, -0.15) is 0 Å². The first-order valence-electron chi connectivity index (χ1n) is 8.06. The molecule has 0 spiro atoms. The highest BCUT2D eigenvalue weighted by Gasteiger charge is 2.18. The van der Waals surface area contributed by atoms with Gasteiger partial charge in [-0.15, -0.1) is 0 Å². The summed E-state index contributed by atoms with van der Waals surface area (Å²) in [7, 11) is 1.35. The summed E-state index contributed by atoms with van der Waals surface area (Å²) in [6.45, 7) is 8.20. The zero-order valence-corrected chi connectivity index (χ0v) is 13.9. The van der Waals surface area contributed by atoms with Crippen LogP contribution in [0.1, 0.15) is 17.3 Å². The van der Waals surface area contributed by atoms with Gasteiger partial charge in [-0.1, -0.05) is 6.92 Å². The van der Waals surface area contributed by atoms with Crippen LogP contribution in [0, 0.1) is 0 Å². The van der Waals surface area contributed by atoms with Crippen LogP contribution in [0.5, 0.6) is 5.75 Å².